The molecule has 1 fully saturated rings. The van der Waals surface area contributed by atoms with Gasteiger partial charge in [-0.1, -0.05) is 30.3 Å². The quantitative estimate of drug-likeness (QED) is 0.851. The zero-order chi connectivity index (χ0) is 15.2. The highest BCUT2D eigenvalue weighted by atomic mass is 16.2. The summed E-state index contributed by atoms with van der Waals surface area (Å²) < 4.78 is 0. The lowest BCUT2D eigenvalue weighted by molar-refractivity contribution is -0.130. The molecule has 0 aliphatic carbocycles. The van der Waals surface area contributed by atoms with Gasteiger partial charge in [-0.25, -0.2) is 4.79 Å². The van der Waals surface area contributed by atoms with Crippen LogP contribution in [0.1, 0.15) is 19.4 Å². The molecule has 0 unspecified atom stereocenters. The van der Waals surface area contributed by atoms with Gasteiger partial charge in [0, 0.05) is 46.2 Å². The molecule has 1 aromatic rings. The van der Waals surface area contributed by atoms with Crippen molar-refractivity contribution in [1.29, 1.82) is 0 Å². The first-order valence-electron chi connectivity index (χ1n) is 7.45. The standard InChI is InChI=1S/C16H23N3O2/c1-3-17(13-15-7-5-4-6-8-15)16(21)19-11-9-18(10-12-19)14(2)20/h4-8H,3,9-13H2,1-2H3. The maximum atomic E-state index is 12.6. The summed E-state index contributed by atoms with van der Waals surface area (Å²) in [6, 6.07) is 10.1. The number of benzene rings is 1. The Balaban J connectivity index is 1.93. The van der Waals surface area contributed by atoms with E-state index in [1.807, 2.05) is 47.1 Å². The van der Waals surface area contributed by atoms with E-state index in [0.717, 1.165) is 5.56 Å². The van der Waals surface area contributed by atoms with E-state index in [4.69, 9.17) is 0 Å². The third kappa shape index (κ3) is 3.97. The number of nitrogens with zero attached hydrogens (tertiary/aromatic N) is 3. The van der Waals surface area contributed by atoms with E-state index in [2.05, 4.69) is 0 Å². The maximum absolute atomic E-state index is 12.6. The van der Waals surface area contributed by atoms with E-state index < -0.39 is 0 Å². The predicted molar refractivity (Wildman–Crippen MR) is 81.7 cm³/mol. The van der Waals surface area contributed by atoms with Crippen LogP contribution < -0.4 is 0 Å². The van der Waals surface area contributed by atoms with Crippen LogP contribution in [0.15, 0.2) is 30.3 Å². The van der Waals surface area contributed by atoms with Crippen LogP contribution in [0.25, 0.3) is 0 Å². The van der Waals surface area contributed by atoms with Gasteiger partial charge in [0.05, 0.1) is 0 Å². The van der Waals surface area contributed by atoms with Crippen molar-refractivity contribution in [3.8, 4) is 0 Å². The average molecular weight is 289 g/mol. The molecule has 0 radical (unpaired) electrons. The lowest BCUT2D eigenvalue weighted by atomic mass is 10.2. The maximum Gasteiger partial charge on any atom is 0.320 e. The molecule has 0 aromatic heterocycles. The van der Waals surface area contributed by atoms with Gasteiger partial charge in [0.1, 0.15) is 0 Å². The van der Waals surface area contributed by atoms with E-state index in [9.17, 15) is 9.59 Å². The average Bonchev–Trinajstić information content (AvgIpc) is 2.53. The van der Waals surface area contributed by atoms with E-state index in [1.165, 1.54) is 0 Å². The van der Waals surface area contributed by atoms with Crippen LogP contribution >= 0.6 is 0 Å². The molecule has 1 aromatic carbocycles. The van der Waals surface area contributed by atoms with Gasteiger partial charge in [-0.15, -0.1) is 0 Å². The Labute approximate surface area is 126 Å². The van der Waals surface area contributed by atoms with Gasteiger partial charge in [0.25, 0.3) is 0 Å². The molecule has 0 N–H and O–H groups in total. The molecule has 0 saturated carbocycles. The van der Waals surface area contributed by atoms with Crippen LogP contribution in [0, 0.1) is 0 Å². The smallest absolute Gasteiger partial charge is 0.320 e. The highest BCUT2D eigenvalue weighted by Gasteiger charge is 2.25. The van der Waals surface area contributed by atoms with Gasteiger partial charge < -0.3 is 14.7 Å². The number of carbonyl (C=O) groups is 2. The Bertz CT molecular complexity index is 482. The number of carbonyl (C=O) groups excluding carboxylic acids is 2. The minimum Gasteiger partial charge on any atom is -0.339 e. The monoisotopic (exact) mass is 289 g/mol. The molecule has 0 atom stereocenters. The van der Waals surface area contributed by atoms with Crippen molar-refractivity contribution in [3.63, 3.8) is 0 Å². The summed E-state index contributed by atoms with van der Waals surface area (Å²) in [5, 5.41) is 0. The third-order valence-electron chi connectivity index (χ3n) is 3.86. The second-order valence-corrected chi connectivity index (χ2v) is 5.28. The number of urea groups is 1. The molecule has 3 amide bonds. The summed E-state index contributed by atoms with van der Waals surface area (Å²) in [6.45, 7) is 7.36. The van der Waals surface area contributed by atoms with Gasteiger partial charge in [-0.2, -0.15) is 0 Å². The summed E-state index contributed by atoms with van der Waals surface area (Å²) in [7, 11) is 0. The topological polar surface area (TPSA) is 43.9 Å². The summed E-state index contributed by atoms with van der Waals surface area (Å²) in [4.78, 5) is 29.4. The van der Waals surface area contributed by atoms with E-state index in [0.29, 0.717) is 39.3 Å². The lowest BCUT2D eigenvalue weighted by Crippen LogP contribution is -2.53. The second kappa shape index (κ2) is 7.11. The van der Waals surface area contributed by atoms with Gasteiger partial charge in [-0.3, -0.25) is 4.79 Å². The molecule has 5 heteroatoms. The Morgan fingerprint density at radius 2 is 1.62 bits per heavy atom. The Hall–Kier alpha value is -2.04. The largest absolute Gasteiger partial charge is 0.339 e. The Morgan fingerprint density at radius 1 is 1.05 bits per heavy atom. The van der Waals surface area contributed by atoms with Crippen molar-refractivity contribution in [2.24, 2.45) is 0 Å². The fraction of sp³-hybridized carbons (Fsp3) is 0.500. The zero-order valence-corrected chi connectivity index (χ0v) is 12.8. The predicted octanol–water partition coefficient (Wildman–Crippen LogP) is 1.79. The fourth-order valence-electron chi connectivity index (χ4n) is 2.53. The van der Waals surface area contributed by atoms with E-state index in [-0.39, 0.29) is 11.9 Å². The van der Waals surface area contributed by atoms with E-state index in [1.54, 1.807) is 11.8 Å². The van der Waals surface area contributed by atoms with Crippen molar-refractivity contribution < 1.29 is 9.59 Å². The molecule has 0 bridgehead atoms. The minimum atomic E-state index is 0.0598. The minimum absolute atomic E-state index is 0.0598. The molecule has 5 nitrogen and oxygen atoms in total. The zero-order valence-electron chi connectivity index (χ0n) is 12.8. The summed E-state index contributed by atoms with van der Waals surface area (Å²) in [6.07, 6.45) is 0. The number of piperazine rings is 1. The van der Waals surface area contributed by atoms with Crippen LogP contribution in [-0.4, -0.2) is 59.4 Å². The van der Waals surface area contributed by atoms with Crippen molar-refractivity contribution in [1.82, 2.24) is 14.7 Å². The van der Waals surface area contributed by atoms with Crippen molar-refractivity contribution in [3.05, 3.63) is 35.9 Å². The molecular formula is C16H23N3O2. The molecule has 1 aliphatic rings. The van der Waals surface area contributed by atoms with Gasteiger partial charge in [0.15, 0.2) is 0 Å². The van der Waals surface area contributed by atoms with Crippen LogP contribution in [0.4, 0.5) is 4.79 Å². The van der Waals surface area contributed by atoms with Crippen molar-refractivity contribution in [2.45, 2.75) is 20.4 Å². The Kier molecular flexibility index (Phi) is 5.20. The lowest BCUT2D eigenvalue weighted by Gasteiger charge is -2.37. The summed E-state index contributed by atoms with van der Waals surface area (Å²) in [5.41, 5.74) is 1.13. The summed E-state index contributed by atoms with van der Waals surface area (Å²) in [5.74, 6) is 0.0822. The molecule has 1 saturated heterocycles. The van der Waals surface area contributed by atoms with E-state index >= 15 is 0 Å². The molecule has 0 spiro atoms. The molecule has 1 aliphatic heterocycles. The number of amides is 3. The highest BCUT2D eigenvalue weighted by molar-refractivity contribution is 5.76. The SMILES string of the molecule is CCN(Cc1ccccc1)C(=O)N1CCN(C(C)=O)CC1. The third-order valence-corrected chi connectivity index (χ3v) is 3.86. The van der Waals surface area contributed by atoms with Crippen LogP contribution in [0.3, 0.4) is 0 Å². The van der Waals surface area contributed by atoms with Gasteiger partial charge >= 0.3 is 6.03 Å². The first kappa shape index (κ1) is 15.4. The van der Waals surface area contributed by atoms with Crippen molar-refractivity contribution >= 4 is 11.9 Å². The highest BCUT2D eigenvalue weighted by Crippen LogP contribution is 2.10. The first-order valence-corrected chi connectivity index (χ1v) is 7.45. The fourth-order valence-corrected chi connectivity index (χ4v) is 2.53. The molecule has 2 rings (SSSR count). The van der Waals surface area contributed by atoms with Crippen molar-refractivity contribution in [2.75, 3.05) is 32.7 Å². The second-order valence-electron chi connectivity index (χ2n) is 5.28. The summed E-state index contributed by atoms with van der Waals surface area (Å²) >= 11 is 0. The van der Waals surface area contributed by atoms with Crippen LogP contribution in [0.5, 0.6) is 0 Å². The normalized spacial score (nSPS) is 15.0. The van der Waals surface area contributed by atoms with Gasteiger partial charge in [0.2, 0.25) is 5.91 Å². The molecule has 114 valence electrons. The number of hydrogen-bond donors (Lipinski definition) is 0. The Morgan fingerprint density at radius 3 is 2.14 bits per heavy atom. The van der Waals surface area contributed by atoms with Crippen LogP contribution in [0.2, 0.25) is 0 Å². The molecule has 1 heterocycles. The first-order chi connectivity index (χ1) is 10.1. The number of rotatable bonds is 3. The molecule has 21 heavy (non-hydrogen) atoms. The number of hydrogen-bond acceptors (Lipinski definition) is 2. The van der Waals surface area contributed by atoms with Crippen LogP contribution in [-0.2, 0) is 11.3 Å². The molecular weight excluding hydrogens is 266 g/mol. The van der Waals surface area contributed by atoms with Gasteiger partial charge in [-0.05, 0) is 12.5 Å².